The highest BCUT2D eigenvalue weighted by molar-refractivity contribution is 7.85. The first-order valence-electron chi connectivity index (χ1n) is 6.07. The molecule has 110 valence electrons. The number of nitro groups is 1. The third-order valence-electron chi connectivity index (χ3n) is 3.05. The van der Waals surface area contributed by atoms with Crippen molar-refractivity contribution in [1.29, 1.82) is 0 Å². The predicted octanol–water partition coefficient (Wildman–Crippen LogP) is 2.40. The summed E-state index contributed by atoms with van der Waals surface area (Å²) in [5, 5.41) is 11.0. The SMILES string of the molecule is Cc1ccc(S(=O)(=O)[O-])c(Cc2ccccc2[N+](=O)[O-])c1. The van der Waals surface area contributed by atoms with Crippen molar-refractivity contribution in [1.82, 2.24) is 0 Å². The van der Waals surface area contributed by atoms with Crippen LogP contribution in [0, 0.1) is 17.0 Å². The number of nitro benzene ring substituents is 1. The van der Waals surface area contributed by atoms with Gasteiger partial charge in [-0.25, -0.2) is 8.42 Å². The molecule has 0 aromatic heterocycles. The summed E-state index contributed by atoms with van der Waals surface area (Å²) in [7, 11) is -4.62. The molecular formula is C14H12NO5S-. The lowest BCUT2D eigenvalue weighted by Crippen LogP contribution is -2.05. The van der Waals surface area contributed by atoms with E-state index in [-0.39, 0.29) is 22.6 Å². The second-order valence-electron chi connectivity index (χ2n) is 4.63. The highest BCUT2D eigenvalue weighted by atomic mass is 32.2. The van der Waals surface area contributed by atoms with Gasteiger partial charge < -0.3 is 4.55 Å². The monoisotopic (exact) mass is 306 g/mol. The van der Waals surface area contributed by atoms with Crippen LogP contribution in [0.1, 0.15) is 16.7 Å². The van der Waals surface area contributed by atoms with Gasteiger partial charge in [-0.3, -0.25) is 10.1 Å². The molecule has 0 N–H and O–H groups in total. The normalized spacial score (nSPS) is 11.3. The molecule has 0 radical (unpaired) electrons. The van der Waals surface area contributed by atoms with Gasteiger partial charge in [-0.2, -0.15) is 0 Å². The van der Waals surface area contributed by atoms with Crippen LogP contribution in [0.4, 0.5) is 5.69 Å². The Morgan fingerprint density at radius 2 is 1.76 bits per heavy atom. The maximum absolute atomic E-state index is 11.3. The lowest BCUT2D eigenvalue weighted by Gasteiger charge is -2.14. The van der Waals surface area contributed by atoms with Gasteiger partial charge in [0.2, 0.25) is 0 Å². The molecule has 0 aliphatic carbocycles. The average Bonchev–Trinajstić information content (AvgIpc) is 2.37. The Morgan fingerprint density at radius 1 is 1.10 bits per heavy atom. The first-order valence-corrected chi connectivity index (χ1v) is 7.47. The van der Waals surface area contributed by atoms with Gasteiger partial charge in [-0.1, -0.05) is 35.9 Å². The quantitative estimate of drug-likeness (QED) is 0.490. The van der Waals surface area contributed by atoms with E-state index in [0.29, 0.717) is 5.56 Å². The van der Waals surface area contributed by atoms with Crippen molar-refractivity contribution in [2.45, 2.75) is 18.2 Å². The van der Waals surface area contributed by atoms with Gasteiger partial charge in [0.1, 0.15) is 10.1 Å². The van der Waals surface area contributed by atoms with Gasteiger partial charge in [-0.15, -0.1) is 0 Å². The van der Waals surface area contributed by atoms with Crippen molar-refractivity contribution in [2.24, 2.45) is 0 Å². The van der Waals surface area contributed by atoms with E-state index in [0.717, 1.165) is 5.56 Å². The van der Waals surface area contributed by atoms with E-state index in [9.17, 15) is 23.1 Å². The number of rotatable bonds is 4. The van der Waals surface area contributed by atoms with Gasteiger partial charge in [0.15, 0.2) is 0 Å². The molecule has 0 amide bonds. The summed E-state index contributed by atoms with van der Waals surface area (Å²) >= 11 is 0. The highest BCUT2D eigenvalue weighted by Gasteiger charge is 2.16. The van der Waals surface area contributed by atoms with E-state index in [1.807, 2.05) is 0 Å². The van der Waals surface area contributed by atoms with Crippen LogP contribution in [-0.4, -0.2) is 17.9 Å². The maximum Gasteiger partial charge on any atom is 0.272 e. The lowest BCUT2D eigenvalue weighted by molar-refractivity contribution is -0.385. The molecule has 2 rings (SSSR count). The summed E-state index contributed by atoms with van der Waals surface area (Å²) in [5.74, 6) is 0. The lowest BCUT2D eigenvalue weighted by atomic mass is 10.0. The minimum Gasteiger partial charge on any atom is -0.744 e. The molecule has 0 atom stereocenters. The van der Waals surface area contributed by atoms with Crippen molar-refractivity contribution in [2.75, 3.05) is 0 Å². The van der Waals surface area contributed by atoms with Crippen molar-refractivity contribution in [3.8, 4) is 0 Å². The summed E-state index contributed by atoms with van der Waals surface area (Å²) in [6.07, 6.45) is 0.00956. The molecule has 7 heteroatoms. The minimum absolute atomic E-state index is 0.00956. The van der Waals surface area contributed by atoms with Crippen LogP contribution < -0.4 is 0 Å². The van der Waals surface area contributed by atoms with E-state index in [4.69, 9.17) is 0 Å². The van der Waals surface area contributed by atoms with Crippen LogP contribution in [0.15, 0.2) is 47.4 Å². The van der Waals surface area contributed by atoms with Gasteiger partial charge in [0.05, 0.1) is 9.82 Å². The molecule has 0 fully saturated rings. The summed E-state index contributed by atoms with van der Waals surface area (Å²) in [6, 6.07) is 10.4. The largest absolute Gasteiger partial charge is 0.744 e. The zero-order valence-corrected chi connectivity index (χ0v) is 12.0. The Kier molecular flexibility index (Phi) is 4.06. The smallest absolute Gasteiger partial charge is 0.272 e. The molecule has 0 spiro atoms. The summed E-state index contributed by atoms with van der Waals surface area (Å²) in [6.45, 7) is 1.75. The van der Waals surface area contributed by atoms with Crippen LogP contribution in [-0.2, 0) is 16.5 Å². The third-order valence-corrected chi connectivity index (χ3v) is 3.99. The van der Waals surface area contributed by atoms with E-state index in [1.165, 1.54) is 24.3 Å². The fourth-order valence-electron chi connectivity index (χ4n) is 2.13. The van der Waals surface area contributed by atoms with Crippen molar-refractivity contribution < 1.29 is 17.9 Å². The zero-order valence-electron chi connectivity index (χ0n) is 11.1. The van der Waals surface area contributed by atoms with Crippen LogP contribution in [0.3, 0.4) is 0 Å². The highest BCUT2D eigenvalue weighted by Crippen LogP contribution is 2.25. The number of para-hydroxylation sites is 1. The molecule has 2 aromatic carbocycles. The second kappa shape index (κ2) is 5.63. The fourth-order valence-corrected chi connectivity index (χ4v) is 2.82. The van der Waals surface area contributed by atoms with Gasteiger partial charge in [0.25, 0.3) is 5.69 Å². The molecule has 0 unspecified atom stereocenters. The molecule has 2 aromatic rings. The Hall–Kier alpha value is -2.25. The standard InChI is InChI=1S/C14H13NO5S/c1-10-6-7-14(21(18,19)20)12(8-10)9-11-4-2-3-5-13(11)15(16)17/h2-8H,9H2,1H3,(H,18,19,20)/p-1. The van der Waals surface area contributed by atoms with E-state index in [2.05, 4.69) is 0 Å². The Bertz CT molecular complexity index is 799. The number of aryl methyl sites for hydroxylation is 1. The molecule has 0 saturated carbocycles. The number of hydrogen-bond acceptors (Lipinski definition) is 5. The molecule has 6 nitrogen and oxygen atoms in total. The van der Waals surface area contributed by atoms with Crippen LogP contribution >= 0.6 is 0 Å². The molecular weight excluding hydrogens is 294 g/mol. The summed E-state index contributed by atoms with van der Waals surface area (Å²) in [4.78, 5) is 10.1. The van der Waals surface area contributed by atoms with Gasteiger partial charge in [0, 0.05) is 18.1 Å². The maximum atomic E-state index is 11.3. The molecule has 0 bridgehead atoms. The number of nitrogens with zero attached hydrogens (tertiary/aromatic N) is 1. The van der Waals surface area contributed by atoms with Crippen LogP contribution in [0.2, 0.25) is 0 Å². The number of hydrogen-bond donors (Lipinski definition) is 0. The van der Waals surface area contributed by atoms with Crippen LogP contribution in [0.25, 0.3) is 0 Å². The second-order valence-corrected chi connectivity index (χ2v) is 5.98. The molecule has 0 aliphatic rings. The molecule has 0 heterocycles. The van der Waals surface area contributed by atoms with Gasteiger partial charge >= 0.3 is 0 Å². The first kappa shape index (κ1) is 15.1. The van der Waals surface area contributed by atoms with Crippen molar-refractivity contribution >= 4 is 15.8 Å². The Morgan fingerprint density at radius 3 is 2.38 bits per heavy atom. The number of benzene rings is 2. The van der Waals surface area contributed by atoms with Gasteiger partial charge in [-0.05, 0) is 18.6 Å². The van der Waals surface area contributed by atoms with E-state index in [1.54, 1.807) is 25.1 Å². The third kappa shape index (κ3) is 3.45. The van der Waals surface area contributed by atoms with E-state index >= 15 is 0 Å². The average molecular weight is 306 g/mol. The molecule has 21 heavy (non-hydrogen) atoms. The van der Waals surface area contributed by atoms with Crippen molar-refractivity contribution in [3.05, 3.63) is 69.3 Å². The first-order chi connectivity index (χ1) is 9.79. The predicted molar refractivity (Wildman–Crippen MR) is 75.0 cm³/mol. The summed E-state index contributed by atoms with van der Waals surface area (Å²) < 4.78 is 33.9. The van der Waals surface area contributed by atoms with Crippen molar-refractivity contribution in [3.63, 3.8) is 0 Å². The Balaban J connectivity index is 2.55. The summed E-state index contributed by atoms with van der Waals surface area (Å²) in [5.41, 5.74) is 1.29. The minimum atomic E-state index is -4.62. The Labute approximate surface area is 121 Å². The topological polar surface area (TPSA) is 100 Å². The van der Waals surface area contributed by atoms with Crippen LogP contribution in [0.5, 0.6) is 0 Å². The molecule has 0 saturated heterocycles. The van der Waals surface area contributed by atoms with E-state index < -0.39 is 15.0 Å². The fraction of sp³-hybridized carbons (Fsp3) is 0.143. The zero-order chi connectivity index (χ0) is 15.6. The molecule has 0 aliphatic heterocycles.